The number of hydrogen-bond donors (Lipinski definition) is 1. The van der Waals surface area contributed by atoms with Gasteiger partial charge in [-0.2, -0.15) is 11.8 Å². The highest BCUT2D eigenvalue weighted by Gasteiger charge is 2.22. The van der Waals surface area contributed by atoms with E-state index in [2.05, 4.69) is 0 Å². The largest absolute Gasteiger partial charge is 0.488 e. The lowest BCUT2D eigenvalue weighted by molar-refractivity contribution is 0.217. The Labute approximate surface area is 118 Å². The summed E-state index contributed by atoms with van der Waals surface area (Å²) in [6, 6.07) is 5.80. The van der Waals surface area contributed by atoms with E-state index in [1.54, 1.807) is 0 Å². The molecule has 1 aromatic rings. The fourth-order valence-electron chi connectivity index (χ4n) is 1.89. The lowest BCUT2D eigenvalue weighted by Gasteiger charge is -2.23. The second-order valence-electron chi connectivity index (χ2n) is 5.29. The van der Waals surface area contributed by atoms with Crippen molar-refractivity contribution >= 4 is 23.4 Å². The summed E-state index contributed by atoms with van der Waals surface area (Å²) in [5.41, 5.74) is 0.758. The summed E-state index contributed by atoms with van der Waals surface area (Å²) in [7, 11) is 0. The lowest BCUT2D eigenvalue weighted by Crippen LogP contribution is -2.22. The van der Waals surface area contributed by atoms with Crippen molar-refractivity contribution in [3.8, 4) is 5.75 Å². The van der Waals surface area contributed by atoms with Crippen molar-refractivity contribution in [1.82, 2.24) is 0 Å². The van der Waals surface area contributed by atoms with Crippen LogP contribution in [0.3, 0.4) is 0 Å². The van der Waals surface area contributed by atoms with Gasteiger partial charge in [0.2, 0.25) is 0 Å². The number of hydrogen-bond acceptors (Lipinski definition) is 3. The van der Waals surface area contributed by atoms with Gasteiger partial charge < -0.3 is 9.84 Å². The van der Waals surface area contributed by atoms with Crippen LogP contribution in [0.15, 0.2) is 18.2 Å². The molecule has 2 nitrogen and oxygen atoms in total. The van der Waals surface area contributed by atoms with Crippen molar-refractivity contribution in [2.45, 2.75) is 31.8 Å². The molecule has 1 aliphatic rings. The van der Waals surface area contributed by atoms with E-state index in [0.717, 1.165) is 29.2 Å². The fraction of sp³-hybridized carbons (Fsp3) is 0.571. The number of benzene rings is 1. The average Bonchev–Trinajstić information content (AvgIpc) is 2.84. The fourth-order valence-corrected chi connectivity index (χ4v) is 3.21. The van der Waals surface area contributed by atoms with Gasteiger partial charge >= 0.3 is 0 Å². The molecule has 0 aromatic heterocycles. The first kappa shape index (κ1) is 14.0. The van der Waals surface area contributed by atoms with Crippen LogP contribution < -0.4 is 4.74 Å². The number of ether oxygens (including phenoxy) is 1. The van der Waals surface area contributed by atoms with Gasteiger partial charge in [-0.25, -0.2) is 0 Å². The molecule has 1 heterocycles. The number of aliphatic hydroxyl groups excluding tert-OH is 1. The van der Waals surface area contributed by atoms with Crippen LogP contribution in [-0.2, 0) is 5.41 Å². The first-order valence-corrected chi connectivity index (χ1v) is 7.71. The SMILES string of the molecule is CC(C)(CO)c1ccc(OC2CCSC2)c(Cl)c1. The Morgan fingerprint density at radius 3 is 2.83 bits per heavy atom. The zero-order chi connectivity index (χ0) is 13.2. The quantitative estimate of drug-likeness (QED) is 0.919. The first-order chi connectivity index (χ1) is 8.53. The molecular formula is C14H19ClO2S. The van der Waals surface area contributed by atoms with Crippen LogP contribution in [0, 0.1) is 0 Å². The number of halogens is 1. The van der Waals surface area contributed by atoms with E-state index in [0.29, 0.717) is 5.02 Å². The van der Waals surface area contributed by atoms with Gasteiger partial charge in [0.15, 0.2) is 0 Å². The van der Waals surface area contributed by atoms with Gasteiger partial charge in [0, 0.05) is 11.2 Å². The van der Waals surface area contributed by atoms with Crippen molar-refractivity contribution in [3.05, 3.63) is 28.8 Å². The lowest BCUT2D eigenvalue weighted by atomic mass is 9.86. The Morgan fingerprint density at radius 1 is 1.50 bits per heavy atom. The molecule has 18 heavy (non-hydrogen) atoms. The van der Waals surface area contributed by atoms with Gasteiger partial charge in [0.05, 0.1) is 11.6 Å². The Bertz CT molecular complexity index is 414. The van der Waals surface area contributed by atoms with Crippen molar-refractivity contribution in [3.63, 3.8) is 0 Å². The average molecular weight is 287 g/mol. The monoisotopic (exact) mass is 286 g/mol. The van der Waals surface area contributed by atoms with Crippen LogP contribution in [0.5, 0.6) is 5.75 Å². The van der Waals surface area contributed by atoms with E-state index in [-0.39, 0.29) is 18.1 Å². The molecule has 1 atom stereocenters. The van der Waals surface area contributed by atoms with Crippen LogP contribution in [0.4, 0.5) is 0 Å². The minimum absolute atomic E-state index is 0.1000. The zero-order valence-electron chi connectivity index (χ0n) is 10.8. The minimum atomic E-state index is -0.272. The molecule has 2 rings (SSSR count). The van der Waals surface area contributed by atoms with E-state index in [4.69, 9.17) is 16.3 Å². The molecule has 0 spiro atoms. The molecule has 4 heteroatoms. The predicted octanol–water partition coefficient (Wildman–Crippen LogP) is 3.49. The molecule has 0 radical (unpaired) electrons. The van der Waals surface area contributed by atoms with Gasteiger partial charge in [0.25, 0.3) is 0 Å². The second kappa shape index (κ2) is 5.72. The van der Waals surface area contributed by atoms with E-state index >= 15 is 0 Å². The Kier molecular flexibility index (Phi) is 4.46. The third-order valence-electron chi connectivity index (χ3n) is 3.29. The van der Waals surface area contributed by atoms with E-state index in [1.165, 1.54) is 0 Å². The maximum Gasteiger partial charge on any atom is 0.138 e. The molecule has 1 aromatic carbocycles. The summed E-state index contributed by atoms with van der Waals surface area (Å²) in [4.78, 5) is 0. The standard InChI is InChI=1S/C14H19ClO2S/c1-14(2,9-16)10-3-4-13(12(15)7-10)17-11-5-6-18-8-11/h3-4,7,11,16H,5-6,8-9H2,1-2H3. The van der Waals surface area contributed by atoms with Gasteiger partial charge in [-0.3, -0.25) is 0 Å². The van der Waals surface area contributed by atoms with Crippen LogP contribution in [-0.4, -0.2) is 29.3 Å². The van der Waals surface area contributed by atoms with Gasteiger partial charge in [-0.15, -0.1) is 0 Å². The number of rotatable bonds is 4. The summed E-state index contributed by atoms with van der Waals surface area (Å²) in [5, 5.41) is 9.99. The Balaban J connectivity index is 2.14. The van der Waals surface area contributed by atoms with Crippen molar-refractivity contribution < 1.29 is 9.84 Å². The highest BCUT2D eigenvalue weighted by atomic mass is 35.5. The highest BCUT2D eigenvalue weighted by Crippen LogP contribution is 2.33. The van der Waals surface area contributed by atoms with Gasteiger partial charge in [-0.05, 0) is 29.9 Å². The van der Waals surface area contributed by atoms with Gasteiger partial charge in [-0.1, -0.05) is 31.5 Å². The Hall–Kier alpha value is -0.380. The number of thioether (sulfide) groups is 1. The molecule has 100 valence electrons. The zero-order valence-corrected chi connectivity index (χ0v) is 12.4. The van der Waals surface area contributed by atoms with E-state index in [9.17, 15) is 5.11 Å². The third-order valence-corrected chi connectivity index (χ3v) is 4.72. The number of aliphatic hydroxyl groups is 1. The summed E-state index contributed by atoms with van der Waals surface area (Å²) >= 11 is 8.17. The first-order valence-electron chi connectivity index (χ1n) is 6.18. The van der Waals surface area contributed by atoms with Gasteiger partial charge in [0.1, 0.15) is 11.9 Å². The summed E-state index contributed by atoms with van der Waals surface area (Å²) in [6.45, 7) is 4.09. The third kappa shape index (κ3) is 3.14. The van der Waals surface area contributed by atoms with Crippen molar-refractivity contribution in [1.29, 1.82) is 0 Å². The van der Waals surface area contributed by atoms with E-state index in [1.807, 2.05) is 43.8 Å². The van der Waals surface area contributed by atoms with Crippen LogP contribution in [0.25, 0.3) is 0 Å². The summed E-state index contributed by atoms with van der Waals surface area (Å²) < 4.78 is 5.89. The maximum atomic E-state index is 9.36. The normalized spacial score (nSPS) is 20.1. The molecule has 1 N–H and O–H groups in total. The molecule has 0 aliphatic carbocycles. The van der Waals surface area contributed by atoms with Crippen LogP contribution in [0.2, 0.25) is 5.02 Å². The molecule has 0 bridgehead atoms. The molecule has 1 saturated heterocycles. The molecule has 1 unspecified atom stereocenters. The second-order valence-corrected chi connectivity index (χ2v) is 6.85. The highest BCUT2D eigenvalue weighted by molar-refractivity contribution is 7.99. The summed E-state index contributed by atoms with van der Waals surface area (Å²) in [5.74, 6) is 2.96. The minimum Gasteiger partial charge on any atom is -0.488 e. The van der Waals surface area contributed by atoms with Crippen LogP contribution >= 0.6 is 23.4 Å². The Morgan fingerprint density at radius 2 is 2.28 bits per heavy atom. The maximum absolute atomic E-state index is 9.36. The molecular weight excluding hydrogens is 268 g/mol. The van der Waals surface area contributed by atoms with Crippen molar-refractivity contribution in [2.75, 3.05) is 18.1 Å². The smallest absolute Gasteiger partial charge is 0.138 e. The predicted molar refractivity (Wildman–Crippen MR) is 77.9 cm³/mol. The van der Waals surface area contributed by atoms with Crippen LogP contribution in [0.1, 0.15) is 25.8 Å². The molecule has 1 aliphatic heterocycles. The molecule has 0 saturated carbocycles. The van der Waals surface area contributed by atoms with E-state index < -0.39 is 0 Å². The molecule has 0 amide bonds. The topological polar surface area (TPSA) is 29.5 Å². The van der Waals surface area contributed by atoms with Crippen molar-refractivity contribution in [2.24, 2.45) is 0 Å². The molecule has 1 fully saturated rings. The summed E-state index contributed by atoms with van der Waals surface area (Å²) in [6.07, 6.45) is 1.37.